The highest BCUT2D eigenvalue weighted by Crippen LogP contribution is 2.39. The largest absolute Gasteiger partial charge is 0.360 e. The number of hydrogen-bond donors (Lipinski definition) is 0. The van der Waals surface area contributed by atoms with Gasteiger partial charge in [-0.3, -0.25) is 14.4 Å². The van der Waals surface area contributed by atoms with Crippen molar-refractivity contribution in [2.24, 2.45) is 0 Å². The van der Waals surface area contributed by atoms with Crippen molar-refractivity contribution in [3.8, 4) is 11.4 Å². The fourth-order valence-corrected chi connectivity index (χ4v) is 4.32. The van der Waals surface area contributed by atoms with Gasteiger partial charge in [-0.2, -0.15) is 5.10 Å². The van der Waals surface area contributed by atoms with E-state index in [0.29, 0.717) is 28.9 Å². The van der Waals surface area contributed by atoms with E-state index in [2.05, 4.69) is 15.0 Å². The molecule has 30 heavy (non-hydrogen) atoms. The second kappa shape index (κ2) is 8.05. The Bertz CT molecular complexity index is 1090. The standard InChI is InChI=1S/C21H25FN6OS/c1-15-12-17(29-24-15)13-25-8-10-26(11-9-25)14-27-21(30)28(16-6-7-16)20(23-27)18-4-2-3-5-19(18)22/h2-5,12,16H,6-11,13-14H2,1H3. The lowest BCUT2D eigenvalue weighted by Gasteiger charge is -2.33. The third kappa shape index (κ3) is 3.97. The summed E-state index contributed by atoms with van der Waals surface area (Å²) >= 11 is 5.74. The third-order valence-electron chi connectivity index (χ3n) is 5.75. The minimum absolute atomic E-state index is 0.261. The molecule has 0 amide bonds. The number of nitrogens with zero attached hydrogens (tertiary/aromatic N) is 6. The van der Waals surface area contributed by atoms with Crippen LogP contribution in [0.1, 0.15) is 30.3 Å². The summed E-state index contributed by atoms with van der Waals surface area (Å²) in [5.41, 5.74) is 1.43. The van der Waals surface area contributed by atoms with Crippen molar-refractivity contribution in [1.29, 1.82) is 0 Å². The van der Waals surface area contributed by atoms with Crippen molar-refractivity contribution >= 4 is 12.2 Å². The molecule has 1 aliphatic heterocycles. The van der Waals surface area contributed by atoms with E-state index in [1.807, 2.05) is 28.3 Å². The molecule has 0 unspecified atom stereocenters. The van der Waals surface area contributed by atoms with Crippen LogP contribution in [-0.2, 0) is 13.2 Å². The molecule has 0 N–H and O–H groups in total. The Kier molecular flexibility index (Phi) is 5.26. The van der Waals surface area contributed by atoms with Gasteiger partial charge in [0.2, 0.25) is 0 Å². The van der Waals surface area contributed by atoms with Crippen LogP contribution in [0.15, 0.2) is 34.9 Å². The van der Waals surface area contributed by atoms with Crippen LogP contribution >= 0.6 is 12.2 Å². The van der Waals surface area contributed by atoms with E-state index >= 15 is 0 Å². The molecule has 7 nitrogen and oxygen atoms in total. The number of benzene rings is 1. The molecular formula is C21H25FN6OS. The van der Waals surface area contributed by atoms with E-state index in [-0.39, 0.29) is 5.82 Å². The van der Waals surface area contributed by atoms with E-state index in [1.165, 1.54) is 6.07 Å². The summed E-state index contributed by atoms with van der Waals surface area (Å²) in [4.78, 5) is 4.70. The van der Waals surface area contributed by atoms with Gasteiger partial charge >= 0.3 is 0 Å². The van der Waals surface area contributed by atoms with Crippen molar-refractivity contribution in [2.45, 2.75) is 39.0 Å². The van der Waals surface area contributed by atoms with Crippen molar-refractivity contribution in [2.75, 3.05) is 26.2 Å². The first-order valence-corrected chi connectivity index (χ1v) is 10.8. The smallest absolute Gasteiger partial charge is 0.199 e. The zero-order valence-corrected chi connectivity index (χ0v) is 17.8. The van der Waals surface area contributed by atoms with Crippen LogP contribution in [0, 0.1) is 17.5 Å². The molecule has 0 spiro atoms. The predicted molar refractivity (Wildman–Crippen MR) is 113 cm³/mol. The molecule has 9 heteroatoms. The fraction of sp³-hybridized carbons (Fsp3) is 0.476. The molecule has 2 fully saturated rings. The number of halogens is 1. The van der Waals surface area contributed by atoms with Crippen LogP contribution in [0.3, 0.4) is 0 Å². The first-order valence-electron chi connectivity index (χ1n) is 10.4. The molecule has 1 saturated carbocycles. The van der Waals surface area contributed by atoms with Gasteiger partial charge in [-0.15, -0.1) is 0 Å². The van der Waals surface area contributed by atoms with E-state index < -0.39 is 0 Å². The summed E-state index contributed by atoms with van der Waals surface area (Å²) in [6.07, 6.45) is 2.14. The maximum atomic E-state index is 14.4. The predicted octanol–water partition coefficient (Wildman–Crippen LogP) is 3.63. The number of hydrogen-bond acceptors (Lipinski definition) is 6. The lowest BCUT2D eigenvalue weighted by atomic mass is 10.2. The van der Waals surface area contributed by atoms with Gasteiger partial charge in [0.25, 0.3) is 0 Å². The lowest BCUT2D eigenvalue weighted by molar-refractivity contribution is 0.0920. The summed E-state index contributed by atoms with van der Waals surface area (Å²) < 4.78 is 24.3. The number of aromatic nitrogens is 4. The van der Waals surface area contributed by atoms with Crippen LogP contribution in [0.2, 0.25) is 0 Å². The summed E-state index contributed by atoms with van der Waals surface area (Å²) in [6.45, 7) is 7.05. The third-order valence-corrected chi connectivity index (χ3v) is 6.16. The summed E-state index contributed by atoms with van der Waals surface area (Å²) in [6, 6.07) is 9.12. The molecule has 0 bridgehead atoms. The molecule has 2 aliphatic rings. The second-order valence-electron chi connectivity index (χ2n) is 8.16. The van der Waals surface area contributed by atoms with Gasteiger partial charge in [-0.25, -0.2) is 9.07 Å². The van der Waals surface area contributed by atoms with Crippen LogP contribution < -0.4 is 0 Å². The first-order chi connectivity index (χ1) is 14.6. The molecule has 0 atom stereocenters. The van der Waals surface area contributed by atoms with Gasteiger partial charge in [0, 0.05) is 38.3 Å². The summed E-state index contributed by atoms with van der Waals surface area (Å²) in [7, 11) is 0. The van der Waals surface area contributed by atoms with Crippen molar-refractivity contribution < 1.29 is 8.91 Å². The molecule has 2 aromatic heterocycles. The van der Waals surface area contributed by atoms with Crippen LogP contribution in [-0.4, -0.2) is 55.5 Å². The number of piperazine rings is 1. The van der Waals surface area contributed by atoms with Gasteiger partial charge in [0.05, 0.1) is 24.5 Å². The monoisotopic (exact) mass is 428 g/mol. The van der Waals surface area contributed by atoms with Crippen molar-refractivity contribution in [3.05, 3.63) is 52.4 Å². The second-order valence-corrected chi connectivity index (χ2v) is 8.52. The van der Waals surface area contributed by atoms with Crippen LogP contribution in [0.25, 0.3) is 11.4 Å². The van der Waals surface area contributed by atoms with Gasteiger partial charge in [0.15, 0.2) is 16.4 Å². The highest BCUT2D eigenvalue weighted by Gasteiger charge is 2.30. The SMILES string of the molecule is Cc1cc(CN2CCN(Cn3nc(-c4ccccc4F)n(C4CC4)c3=S)CC2)on1. The van der Waals surface area contributed by atoms with Crippen LogP contribution in [0.4, 0.5) is 4.39 Å². The summed E-state index contributed by atoms with van der Waals surface area (Å²) in [5.74, 6) is 1.28. The number of aryl methyl sites for hydroxylation is 1. The van der Waals surface area contributed by atoms with Gasteiger partial charge in [0.1, 0.15) is 5.82 Å². The van der Waals surface area contributed by atoms with E-state index in [9.17, 15) is 4.39 Å². The Labute approximate surface area is 179 Å². The van der Waals surface area contributed by atoms with Crippen LogP contribution in [0.5, 0.6) is 0 Å². The highest BCUT2D eigenvalue weighted by molar-refractivity contribution is 7.71. The van der Waals surface area contributed by atoms with Gasteiger partial charge < -0.3 is 4.52 Å². The maximum Gasteiger partial charge on any atom is 0.199 e. The quantitative estimate of drug-likeness (QED) is 0.559. The average Bonchev–Trinajstić information content (AvgIpc) is 3.42. The zero-order chi connectivity index (χ0) is 20.7. The Morgan fingerprint density at radius 2 is 1.87 bits per heavy atom. The molecule has 3 aromatic rings. The Balaban J connectivity index is 1.29. The topological polar surface area (TPSA) is 55.3 Å². The lowest BCUT2D eigenvalue weighted by Crippen LogP contribution is -2.46. The van der Waals surface area contributed by atoms with E-state index in [4.69, 9.17) is 21.8 Å². The minimum atomic E-state index is -0.261. The molecule has 0 radical (unpaired) electrons. The highest BCUT2D eigenvalue weighted by atomic mass is 32.1. The number of rotatable bonds is 6. The van der Waals surface area contributed by atoms with Crippen molar-refractivity contribution in [1.82, 2.24) is 29.3 Å². The minimum Gasteiger partial charge on any atom is -0.360 e. The molecule has 158 valence electrons. The average molecular weight is 429 g/mol. The van der Waals surface area contributed by atoms with Crippen molar-refractivity contribution in [3.63, 3.8) is 0 Å². The Morgan fingerprint density at radius 1 is 1.13 bits per heavy atom. The van der Waals surface area contributed by atoms with Gasteiger partial charge in [-0.05, 0) is 44.1 Å². The first kappa shape index (κ1) is 19.6. The van der Waals surface area contributed by atoms with E-state index in [1.54, 1.807) is 12.1 Å². The van der Waals surface area contributed by atoms with E-state index in [0.717, 1.165) is 57.0 Å². The molecule has 5 rings (SSSR count). The Morgan fingerprint density at radius 3 is 2.53 bits per heavy atom. The molecule has 1 saturated heterocycles. The summed E-state index contributed by atoms with van der Waals surface area (Å²) in [5, 5.41) is 8.70. The van der Waals surface area contributed by atoms with Gasteiger partial charge in [-0.1, -0.05) is 17.3 Å². The Hall–Kier alpha value is -2.36. The molecule has 1 aromatic carbocycles. The maximum absolute atomic E-state index is 14.4. The molecule has 1 aliphatic carbocycles. The zero-order valence-electron chi connectivity index (χ0n) is 17.0. The normalized spacial score (nSPS) is 18.2. The fourth-order valence-electron chi connectivity index (χ4n) is 3.99. The molecule has 3 heterocycles. The molecular weight excluding hydrogens is 403 g/mol.